The summed E-state index contributed by atoms with van der Waals surface area (Å²) in [6, 6.07) is 2.81. The van der Waals surface area contributed by atoms with Crippen LogP contribution in [0, 0.1) is 5.82 Å². The van der Waals surface area contributed by atoms with Crippen LogP contribution >= 0.6 is 11.8 Å². The number of amides is 1. The molecule has 0 fully saturated rings. The van der Waals surface area contributed by atoms with E-state index in [2.05, 4.69) is 15.4 Å². The average molecular weight is 268 g/mol. The molecule has 0 aliphatic heterocycles. The Hall–Kier alpha value is -1.63. The smallest absolute Gasteiger partial charge is 0.249 e. The van der Waals surface area contributed by atoms with E-state index in [0.717, 1.165) is 12.2 Å². The molecule has 1 amide bonds. The Balaban J connectivity index is 2.01. The molecule has 18 heavy (non-hydrogen) atoms. The fraction of sp³-hybridized carbons (Fsp3) is 0.364. The van der Waals surface area contributed by atoms with Crippen molar-refractivity contribution in [1.82, 2.24) is 14.6 Å². The first-order valence-corrected chi connectivity index (χ1v) is 6.89. The molecule has 2 aromatic heterocycles. The SMILES string of the molecule is CSCCCC(=O)Nc1nc2ccc(F)cn2n1. The molecule has 0 spiro atoms. The standard InChI is InChI=1S/C11H13FN4OS/c1-18-6-2-3-10(17)14-11-13-9-5-4-8(12)7-16(9)15-11/h4-5,7H,2-3,6H2,1H3,(H,14,15,17). The Bertz CT molecular complexity index is 557. The Morgan fingerprint density at radius 2 is 2.39 bits per heavy atom. The molecule has 2 rings (SSSR count). The minimum absolute atomic E-state index is 0.125. The number of hydrogen-bond donors (Lipinski definition) is 1. The Labute approximate surface area is 108 Å². The molecule has 2 aromatic rings. The minimum Gasteiger partial charge on any atom is -0.293 e. The minimum atomic E-state index is -0.398. The third-order valence-electron chi connectivity index (χ3n) is 2.30. The quantitative estimate of drug-likeness (QED) is 0.842. The van der Waals surface area contributed by atoms with Crippen LogP contribution in [0.1, 0.15) is 12.8 Å². The lowest BCUT2D eigenvalue weighted by molar-refractivity contribution is -0.116. The number of aromatic nitrogens is 3. The number of carbonyl (C=O) groups excluding carboxylic acids is 1. The predicted molar refractivity (Wildman–Crippen MR) is 69.2 cm³/mol. The lowest BCUT2D eigenvalue weighted by Crippen LogP contribution is -2.12. The van der Waals surface area contributed by atoms with Gasteiger partial charge in [0.15, 0.2) is 5.65 Å². The fourth-order valence-electron chi connectivity index (χ4n) is 1.48. The Kier molecular flexibility index (Phi) is 4.14. The molecule has 0 radical (unpaired) electrons. The summed E-state index contributed by atoms with van der Waals surface area (Å²) in [5, 5.41) is 6.57. The first-order chi connectivity index (χ1) is 8.69. The number of pyridine rings is 1. The highest BCUT2D eigenvalue weighted by Crippen LogP contribution is 2.08. The van der Waals surface area contributed by atoms with E-state index in [-0.39, 0.29) is 11.9 Å². The van der Waals surface area contributed by atoms with Gasteiger partial charge in [0, 0.05) is 6.42 Å². The highest BCUT2D eigenvalue weighted by molar-refractivity contribution is 7.98. The van der Waals surface area contributed by atoms with E-state index in [1.54, 1.807) is 11.8 Å². The highest BCUT2D eigenvalue weighted by atomic mass is 32.2. The number of thioether (sulfide) groups is 1. The summed E-state index contributed by atoms with van der Waals surface area (Å²) >= 11 is 1.70. The van der Waals surface area contributed by atoms with Gasteiger partial charge in [-0.15, -0.1) is 5.10 Å². The summed E-state index contributed by atoms with van der Waals surface area (Å²) in [6.45, 7) is 0. The summed E-state index contributed by atoms with van der Waals surface area (Å²) in [7, 11) is 0. The summed E-state index contributed by atoms with van der Waals surface area (Å²) in [6.07, 6.45) is 4.46. The van der Waals surface area contributed by atoms with Crippen molar-refractivity contribution in [2.24, 2.45) is 0 Å². The number of fused-ring (bicyclic) bond motifs is 1. The molecule has 5 nitrogen and oxygen atoms in total. The first-order valence-electron chi connectivity index (χ1n) is 5.50. The van der Waals surface area contributed by atoms with Gasteiger partial charge in [-0.1, -0.05) is 0 Å². The van der Waals surface area contributed by atoms with Crippen LogP contribution in [0.2, 0.25) is 0 Å². The summed E-state index contributed by atoms with van der Waals surface area (Å²) < 4.78 is 14.2. The van der Waals surface area contributed by atoms with E-state index in [9.17, 15) is 9.18 Å². The second-order valence-corrected chi connectivity index (χ2v) is 4.72. The molecule has 1 N–H and O–H groups in total. The molecule has 0 saturated heterocycles. The second kappa shape index (κ2) is 5.81. The van der Waals surface area contributed by atoms with Gasteiger partial charge in [0.1, 0.15) is 5.82 Å². The van der Waals surface area contributed by atoms with Gasteiger partial charge in [0.05, 0.1) is 6.20 Å². The molecular formula is C11H13FN4OS. The number of carbonyl (C=O) groups is 1. The lowest BCUT2D eigenvalue weighted by Gasteiger charge is -1.99. The van der Waals surface area contributed by atoms with Crippen LogP contribution in [-0.2, 0) is 4.79 Å². The maximum Gasteiger partial charge on any atom is 0.249 e. The predicted octanol–water partition coefficient (Wildman–Crippen LogP) is 1.95. The highest BCUT2D eigenvalue weighted by Gasteiger charge is 2.07. The van der Waals surface area contributed by atoms with Crippen LogP contribution in [0.3, 0.4) is 0 Å². The monoisotopic (exact) mass is 268 g/mol. The van der Waals surface area contributed by atoms with Crippen molar-refractivity contribution in [3.8, 4) is 0 Å². The molecule has 0 aliphatic rings. The van der Waals surface area contributed by atoms with Gasteiger partial charge < -0.3 is 0 Å². The Morgan fingerprint density at radius 3 is 3.17 bits per heavy atom. The third-order valence-corrected chi connectivity index (χ3v) is 3.00. The Morgan fingerprint density at radius 1 is 1.56 bits per heavy atom. The van der Waals surface area contributed by atoms with E-state index < -0.39 is 5.82 Å². The van der Waals surface area contributed by atoms with Crippen molar-refractivity contribution in [3.63, 3.8) is 0 Å². The van der Waals surface area contributed by atoms with Gasteiger partial charge in [0.25, 0.3) is 0 Å². The van der Waals surface area contributed by atoms with Crippen LogP contribution in [0.4, 0.5) is 10.3 Å². The van der Waals surface area contributed by atoms with Crippen LogP contribution in [-0.4, -0.2) is 32.5 Å². The zero-order chi connectivity index (χ0) is 13.0. The number of nitrogens with one attached hydrogen (secondary N) is 1. The van der Waals surface area contributed by atoms with Gasteiger partial charge in [-0.2, -0.15) is 16.7 Å². The van der Waals surface area contributed by atoms with E-state index >= 15 is 0 Å². The first kappa shape index (κ1) is 12.8. The van der Waals surface area contributed by atoms with Crippen molar-refractivity contribution in [3.05, 3.63) is 24.1 Å². The molecular weight excluding hydrogens is 255 g/mol. The molecule has 0 saturated carbocycles. The van der Waals surface area contributed by atoms with E-state index in [1.165, 1.54) is 22.8 Å². The van der Waals surface area contributed by atoms with E-state index in [1.807, 2.05) is 6.26 Å². The van der Waals surface area contributed by atoms with Crippen LogP contribution in [0.15, 0.2) is 18.3 Å². The summed E-state index contributed by atoms with van der Waals surface area (Å²) in [4.78, 5) is 15.6. The molecule has 0 aromatic carbocycles. The summed E-state index contributed by atoms with van der Waals surface area (Å²) in [5.74, 6) is 0.623. The largest absolute Gasteiger partial charge is 0.293 e. The average Bonchev–Trinajstić information content (AvgIpc) is 2.70. The topological polar surface area (TPSA) is 59.3 Å². The number of rotatable bonds is 5. The van der Waals surface area contributed by atoms with Crippen molar-refractivity contribution < 1.29 is 9.18 Å². The molecule has 96 valence electrons. The van der Waals surface area contributed by atoms with Gasteiger partial charge >= 0.3 is 0 Å². The van der Waals surface area contributed by atoms with E-state index in [0.29, 0.717) is 12.1 Å². The number of nitrogens with zero attached hydrogens (tertiary/aromatic N) is 3. The van der Waals surface area contributed by atoms with Crippen molar-refractivity contribution >= 4 is 29.3 Å². The van der Waals surface area contributed by atoms with Gasteiger partial charge in [-0.25, -0.2) is 8.91 Å². The molecule has 7 heteroatoms. The van der Waals surface area contributed by atoms with Gasteiger partial charge in [-0.3, -0.25) is 10.1 Å². The zero-order valence-corrected chi connectivity index (χ0v) is 10.7. The van der Waals surface area contributed by atoms with Crippen LogP contribution in [0.25, 0.3) is 5.65 Å². The molecule has 0 bridgehead atoms. The number of hydrogen-bond acceptors (Lipinski definition) is 4. The van der Waals surface area contributed by atoms with Crippen LogP contribution < -0.4 is 5.32 Å². The van der Waals surface area contributed by atoms with Gasteiger partial charge in [0.2, 0.25) is 11.9 Å². The fourth-order valence-corrected chi connectivity index (χ4v) is 1.91. The number of anilines is 1. The lowest BCUT2D eigenvalue weighted by atomic mass is 10.3. The molecule has 0 unspecified atom stereocenters. The van der Waals surface area contributed by atoms with Crippen molar-refractivity contribution in [1.29, 1.82) is 0 Å². The third kappa shape index (κ3) is 3.19. The van der Waals surface area contributed by atoms with Gasteiger partial charge in [-0.05, 0) is 30.6 Å². The van der Waals surface area contributed by atoms with Crippen molar-refractivity contribution in [2.75, 3.05) is 17.3 Å². The zero-order valence-electron chi connectivity index (χ0n) is 9.89. The van der Waals surface area contributed by atoms with E-state index in [4.69, 9.17) is 0 Å². The van der Waals surface area contributed by atoms with Crippen molar-refractivity contribution in [2.45, 2.75) is 12.8 Å². The maximum atomic E-state index is 12.9. The molecule has 2 heterocycles. The molecule has 0 aliphatic carbocycles. The maximum absolute atomic E-state index is 12.9. The molecule has 0 atom stereocenters. The normalized spacial score (nSPS) is 10.8. The van der Waals surface area contributed by atoms with Crippen LogP contribution in [0.5, 0.6) is 0 Å². The summed E-state index contributed by atoms with van der Waals surface area (Å²) in [5.41, 5.74) is 0.496. The second-order valence-electron chi connectivity index (χ2n) is 3.73. The number of halogens is 1.